The predicted octanol–water partition coefficient (Wildman–Crippen LogP) is 5.95. The highest BCUT2D eigenvalue weighted by atomic mass is 32.2. The molecular formula is C25H23F2N3O3S. The molecule has 0 bridgehead atoms. The maximum Gasteiger partial charge on any atom is 0.274 e. The Morgan fingerprint density at radius 2 is 1.79 bits per heavy atom. The predicted molar refractivity (Wildman–Crippen MR) is 127 cm³/mol. The van der Waals surface area contributed by atoms with Crippen molar-refractivity contribution in [2.45, 2.75) is 35.8 Å². The molecule has 0 saturated heterocycles. The van der Waals surface area contributed by atoms with Crippen molar-refractivity contribution in [2.75, 3.05) is 0 Å². The molecule has 34 heavy (non-hydrogen) atoms. The Kier molecular flexibility index (Phi) is 5.51. The van der Waals surface area contributed by atoms with E-state index in [1.165, 1.54) is 10.6 Å². The number of H-pyrrole nitrogens is 1. The minimum Gasteiger partial charge on any atom is -0.454 e. The number of nitrogens with one attached hydrogen (secondary N) is 2. The van der Waals surface area contributed by atoms with Crippen molar-refractivity contribution in [1.29, 1.82) is 4.78 Å². The zero-order chi connectivity index (χ0) is 24.0. The van der Waals surface area contributed by atoms with Crippen LogP contribution < -0.4 is 10.3 Å². The first kappa shape index (κ1) is 22.3. The van der Waals surface area contributed by atoms with Crippen molar-refractivity contribution in [1.82, 2.24) is 9.55 Å². The molecule has 6 nitrogen and oxygen atoms in total. The van der Waals surface area contributed by atoms with Crippen LogP contribution >= 0.6 is 0 Å². The van der Waals surface area contributed by atoms with Gasteiger partial charge in [0.25, 0.3) is 5.56 Å². The number of aryl methyl sites for hydroxylation is 1. The molecule has 1 aliphatic rings. The molecule has 1 unspecified atom stereocenters. The van der Waals surface area contributed by atoms with Crippen LogP contribution in [0.4, 0.5) is 8.78 Å². The van der Waals surface area contributed by atoms with Crippen LogP contribution in [0.15, 0.2) is 64.5 Å². The smallest absolute Gasteiger partial charge is 0.274 e. The summed E-state index contributed by atoms with van der Waals surface area (Å²) in [6.45, 7) is 0. The van der Waals surface area contributed by atoms with E-state index in [-0.39, 0.29) is 22.3 Å². The number of benzene rings is 2. The van der Waals surface area contributed by atoms with Crippen LogP contribution in [-0.2, 0) is 16.8 Å². The lowest BCUT2D eigenvalue weighted by molar-refractivity contribution is 0.438. The summed E-state index contributed by atoms with van der Waals surface area (Å²) in [5.74, 6) is -1.53. The molecular weight excluding hydrogens is 460 g/mol. The number of aromatic nitrogens is 2. The van der Waals surface area contributed by atoms with Gasteiger partial charge >= 0.3 is 0 Å². The van der Waals surface area contributed by atoms with E-state index in [1.54, 1.807) is 43.7 Å². The van der Waals surface area contributed by atoms with Gasteiger partial charge in [0.15, 0.2) is 11.6 Å². The highest BCUT2D eigenvalue weighted by molar-refractivity contribution is 7.93. The van der Waals surface area contributed by atoms with Crippen LogP contribution in [0.5, 0.6) is 11.5 Å². The largest absolute Gasteiger partial charge is 0.454 e. The van der Waals surface area contributed by atoms with Gasteiger partial charge in [0.05, 0.1) is 9.73 Å². The molecule has 5 rings (SSSR count). The van der Waals surface area contributed by atoms with E-state index in [4.69, 9.17) is 9.52 Å². The van der Waals surface area contributed by atoms with Crippen LogP contribution in [0.25, 0.3) is 22.0 Å². The number of aromatic amines is 1. The third kappa shape index (κ3) is 3.79. The summed E-state index contributed by atoms with van der Waals surface area (Å²) >= 11 is 0. The average molecular weight is 484 g/mol. The minimum atomic E-state index is -3.09. The number of halogens is 2. The second-order valence-electron chi connectivity index (χ2n) is 8.57. The first-order valence-corrected chi connectivity index (χ1v) is 12.6. The molecule has 1 aliphatic carbocycles. The molecule has 2 N–H and O–H groups in total. The van der Waals surface area contributed by atoms with Crippen molar-refractivity contribution in [3.63, 3.8) is 0 Å². The van der Waals surface area contributed by atoms with Gasteiger partial charge in [-0.1, -0.05) is 12.8 Å². The van der Waals surface area contributed by atoms with Gasteiger partial charge < -0.3 is 14.3 Å². The first-order valence-electron chi connectivity index (χ1n) is 11.0. The summed E-state index contributed by atoms with van der Waals surface area (Å²) in [6.07, 6.45) is 6.64. The van der Waals surface area contributed by atoms with E-state index in [9.17, 15) is 17.8 Å². The van der Waals surface area contributed by atoms with Gasteiger partial charge in [-0.3, -0.25) is 4.79 Å². The zero-order valence-corrected chi connectivity index (χ0v) is 19.3. The maximum absolute atomic E-state index is 14.4. The van der Waals surface area contributed by atoms with Gasteiger partial charge in [-0.05, 0) is 49.2 Å². The second kappa shape index (κ2) is 8.39. The Morgan fingerprint density at radius 1 is 1.06 bits per heavy atom. The van der Waals surface area contributed by atoms with Crippen LogP contribution in [0.1, 0.15) is 25.7 Å². The van der Waals surface area contributed by atoms with Gasteiger partial charge in [0, 0.05) is 52.2 Å². The minimum absolute atomic E-state index is 0.173. The quantitative estimate of drug-likeness (QED) is 0.368. The van der Waals surface area contributed by atoms with Gasteiger partial charge in [-0.15, -0.1) is 0 Å². The van der Waals surface area contributed by atoms with E-state index in [0.717, 1.165) is 37.8 Å². The molecule has 0 radical (unpaired) electrons. The molecule has 2 heterocycles. The third-order valence-electron chi connectivity index (χ3n) is 6.37. The van der Waals surface area contributed by atoms with Crippen molar-refractivity contribution >= 4 is 20.6 Å². The van der Waals surface area contributed by atoms with Gasteiger partial charge in [0.1, 0.15) is 17.1 Å². The Labute approximate surface area is 195 Å². The summed E-state index contributed by atoms with van der Waals surface area (Å²) in [4.78, 5) is 15.9. The molecule has 1 atom stereocenters. The molecule has 1 fully saturated rings. The average Bonchev–Trinajstić information content (AvgIpc) is 3.51. The highest BCUT2D eigenvalue weighted by Gasteiger charge is 2.28. The molecule has 9 heteroatoms. The lowest BCUT2D eigenvalue weighted by Gasteiger charge is -2.19. The molecule has 2 aromatic heterocycles. The highest BCUT2D eigenvalue weighted by Crippen LogP contribution is 2.40. The lowest BCUT2D eigenvalue weighted by Crippen LogP contribution is -2.17. The van der Waals surface area contributed by atoms with Crippen LogP contribution in [0.2, 0.25) is 0 Å². The number of hydrogen-bond acceptors (Lipinski definition) is 4. The fraction of sp³-hybridized carbons (Fsp3) is 0.240. The van der Waals surface area contributed by atoms with E-state index < -0.39 is 21.4 Å². The lowest BCUT2D eigenvalue weighted by atomic mass is 10.0. The molecule has 1 saturated carbocycles. The van der Waals surface area contributed by atoms with Crippen molar-refractivity contribution in [3.05, 3.63) is 76.8 Å². The molecule has 0 amide bonds. The molecule has 0 spiro atoms. The second-order valence-corrected chi connectivity index (χ2v) is 10.9. The number of nitrogens with zero attached hydrogens (tertiary/aromatic N) is 1. The standard InChI is InChI=1S/C25H23F2N3O3S/c1-30-14-20(18-10-11-29-24(18)25(30)31)19-13-17(34(28,32)16-4-2-3-5-16)7-9-22(19)33-23-8-6-15(26)12-21(23)27/h6-14,16,28-29H,2-5H2,1H3. The van der Waals surface area contributed by atoms with E-state index in [1.807, 2.05) is 0 Å². The molecule has 0 aliphatic heterocycles. The Hall–Kier alpha value is -3.46. The van der Waals surface area contributed by atoms with Crippen LogP contribution in [0, 0.1) is 16.4 Å². The third-order valence-corrected chi connectivity index (χ3v) is 8.74. The van der Waals surface area contributed by atoms with Gasteiger partial charge in [-0.25, -0.2) is 17.8 Å². The molecule has 176 valence electrons. The zero-order valence-electron chi connectivity index (χ0n) is 18.4. The normalized spacial score (nSPS) is 16.1. The van der Waals surface area contributed by atoms with Crippen molar-refractivity contribution in [3.8, 4) is 22.6 Å². The Balaban J connectivity index is 1.72. The topological polar surface area (TPSA) is 87.9 Å². The van der Waals surface area contributed by atoms with Crippen molar-refractivity contribution in [2.24, 2.45) is 7.05 Å². The van der Waals surface area contributed by atoms with Crippen molar-refractivity contribution < 1.29 is 17.7 Å². The Morgan fingerprint density at radius 3 is 2.53 bits per heavy atom. The summed E-state index contributed by atoms with van der Waals surface area (Å²) in [7, 11) is -1.47. The summed E-state index contributed by atoms with van der Waals surface area (Å²) in [6, 6.07) is 9.54. The summed E-state index contributed by atoms with van der Waals surface area (Å²) < 4.78 is 57.3. The summed E-state index contributed by atoms with van der Waals surface area (Å²) in [5, 5.41) is 0.385. The first-order chi connectivity index (χ1) is 16.3. The fourth-order valence-corrected chi connectivity index (χ4v) is 6.52. The SMILES string of the molecule is Cn1cc(-c2cc(S(=N)(=O)C3CCCC3)ccc2Oc2ccc(F)cc2F)c2cc[nH]c2c1=O. The fourth-order valence-electron chi connectivity index (χ4n) is 4.57. The summed E-state index contributed by atoms with van der Waals surface area (Å²) in [5.41, 5.74) is 1.22. The molecule has 4 aromatic rings. The number of fused-ring (bicyclic) bond motifs is 1. The van der Waals surface area contributed by atoms with E-state index >= 15 is 0 Å². The number of pyridine rings is 1. The number of ether oxygens (including phenoxy) is 1. The van der Waals surface area contributed by atoms with Crippen LogP contribution in [0.3, 0.4) is 0 Å². The van der Waals surface area contributed by atoms with Gasteiger partial charge in [-0.2, -0.15) is 0 Å². The van der Waals surface area contributed by atoms with Crippen LogP contribution in [-0.4, -0.2) is 19.0 Å². The number of hydrogen-bond donors (Lipinski definition) is 2. The van der Waals surface area contributed by atoms with E-state index in [2.05, 4.69) is 4.98 Å². The number of rotatable bonds is 5. The molecule has 2 aromatic carbocycles. The maximum atomic E-state index is 14.4. The Bertz CT molecular complexity index is 1570. The van der Waals surface area contributed by atoms with E-state index in [0.29, 0.717) is 26.9 Å². The van der Waals surface area contributed by atoms with Gasteiger partial charge in [0.2, 0.25) is 0 Å². The monoisotopic (exact) mass is 483 g/mol.